The number of hydrogen-bond donors (Lipinski definition) is 1. The number of fused-ring (bicyclic) bond motifs is 1. The molecule has 2 aromatic rings. The molecule has 2 atom stereocenters. The smallest absolute Gasteiger partial charge is 0.241 e. The van der Waals surface area contributed by atoms with E-state index in [0.717, 1.165) is 21.3 Å². The van der Waals surface area contributed by atoms with Crippen LogP contribution in [0, 0.1) is 10.1 Å². The zero-order valence-electron chi connectivity index (χ0n) is 10.6. The van der Waals surface area contributed by atoms with Gasteiger partial charge in [0, 0.05) is 21.5 Å². The molecule has 0 aromatic heterocycles. The highest BCUT2D eigenvalue weighted by Crippen LogP contribution is 2.36. The number of halogens is 1. The highest BCUT2D eigenvalue weighted by atomic mass is 79.9. The summed E-state index contributed by atoms with van der Waals surface area (Å²) in [6, 6.07) is 14.4. The molecule has 0 unspecified atom stereocenters. The van der Waals surface area contributed by atoms with E-state index in [9.17, 15) is 10.1 Å². The summed E-state index contributed by atoms with van der Waals surface area (Å²) in [5, 5.41) is 14.7. The van der Waals surface area contributed by atoms with E-state index >= 15 is 0 Å². The Bertz CT molecular complexity index is 660. The molecule has 0 amide bonds. The molecule has 1 aliphatic rings. The van der Waals surface area contributed by atoms with Crippen molar-refractivity contribution in [1.82, 2.24) is 0 Å². The van der Waals surface area contributed by atoms with Crippen LogP contribution in [0.3, 0.4) is 0 Å². The molecule has 2 aromatic carbocycles. The lowest BCUT2D eigenvalue weighted by atomic mass is 9.89. The van der Waals surface area contributed by atoms with Crippen molar-refractivity contribution in [1.29, 1.82) is 0 Å². The fraction of sp³-hybridized carbons (Fsp3) is 0.200. The molecule has 4 nitrogen and oxygen atoms in total. The second kappa shape index (κ2) is 5.25. The predicted octanol–water partition coefficient (Wildman–Crippen LogP) is 3.80. The van der Waals surface area contributed by atoms with Gasteiger partial charge in [-0.2, -0.15) is 0 Å². The Hall–Kier alpha value is -1.88. The van der Waals surface area contributed by atoms with Crippen molar-refractivity contribution in [2.45, 2.75) is 18.5 Å². The quantitative estimate of drug-likeness (QED) is 0.672. The zero-order chi connectivity index (χ0) is 14.1. The van der Waals surface area contributed by atoms with Crippen LogP contribution in [0.2, 0.25) is 0 Å². The van der Waals surface area contributed by atoms with Crippen molar-refractivity contribution in [3.05, 3.63) is 74.2 Å². The molecular weight excluding hydrogens is 320 g/mol. The summed E-state index contributed by atoms with van der Waals surface area (Å²) < 4.78 is 0.892. The van der Waals surface area contributed by atoms with Crippen molar-refractivity contribution in [3.8, 4) is 0 Å². The number of benzene rings is 2. The zero-order valence-corrected chi connectivity index (χ0v) is 12.2. The summed E-state index contributed by atoms with van der Waals surface area (Å²) in [6.45, 7) is 0. The first kappa shape index (κ1) is 13.1. The summed E-state index contributed by atoms with van der Waals surface area (Å²) in [6.07, 6.45) is 0.447. The van der Waals surface area contributed by atoms with Gasteiger partial charge in [-0.3, -0.25) is 10.1 Å². The Morgan fingerprint density at radius 2 is 1.85 bits per heavy atom. The van der Waals surface area contributed by atoms with Crippen LogP contribution in [0.1, 0.15) is 17.2 Å². The third kappa shape index (κ3) is 2.29. The van der Waals surface area contributed by atoms with Gasteiger partial charge in [0.1, 0.15) is 6.04 Å². The van der Waals surface area contributed by atoms with E-state index in [4.69, 9.17) is 0 Å². The van der Waals surface area contributed by atoms with Gasteiger partial charge >= 0.3 is 0 Å². The maximum atomic E-state index is 11.4. The van der Waals surface area contributed by atoms with Gasteiger partial charge in [0.05, 0.1) is 0 Å². The Morgan fingerprint density at radius 1 is 1.15 bits per heavy atom. The lowest BCUT2D eigenvalue weighted by Gasteiger charge is -2.30. The van der Waals surface area contributed by atoms with E-state index in [0.29, 0.717) is 6.42 Å². The van der Waals surface area contributed by atoms with Crippen LogP contribution in [0.15, 0.2) is 53.0 Å². The monoisotopic (exact) mass is 332 g/mol. The normalized spacial score (nSPS) is 20.9. The summed E-state index contributed by atoms with van der Waals surface area (Å²) in [7, 11) is 0. The summed E-state index contributed by atoms with van der Waals surface area (Å²) >= 11 is 3.49. The Balaban J connectivity index is 2.05. The molecule has 1 N–H and O–H groups in total. The number of rotatable bonds is 2. The van der Waals surface area contributed by atoms with Crippen LogP contribution in [0.5, 0.6) is 0 Å². The maximum absolute atomic E-state index is 11.4. The van der Waals surface area contributed by atoms with E-state index in [-0.39, 0.29) is 11.0 Å². The van der Waals surface area contributed by atoms with E-state index < -0.39 is 6.04 Å². The first-order valence-electron chi connectivity index (χ1n) is 6.39. The minimum absolute atomic E-state index is 0.187. The van der Waals surface area contributed by atoms with E-state index in [1.54, 1.807) is 0 Å². The topological polar surface area (TPSA) is 55.2 Å². The first-order valence-corrected chi connectivity index (χ1v) is 7.18. The van der Waals surface area contributed by atoms with Crippen molar-refractivity contribution in [3.63, 3.8) is 0 Å². The van der Waals surface area contributed by atoms with Crippen LogP contribution in [-0.2, 0) is 6.42 Å². The molecule has 20 heavy (non-hydrogen) atoms. The van der Waals surface area contributed by atoms with E-state index in [2.05, 4.69) is 21.2 Å². The number of anilines is 1. The van der Waals surface area contributed by atoms with Crippen molar-refractivity contribution in [2.75, 3.05) is 5.32 Å². The van der Waals surface area contributed by atoms with Gasteiger partial charge in [-0.25, -0.2) is 0 Å². The highest BCUT2D eigenvalue weighted by Gasteiger charge is 2.38. The molecule has 1 heterocycles. The SMILES string of the molecule is O=[N+]([O-])[C@H]1Cc2ccccc2N[C@@H]1c1ccccc1Br. The second-order valence-corrected chi connectivity index (χ2v) is 5.71. The van der Waals surface area contributed by atoms with Crippen LogP contribution < -0.4 is 5.32 Å². The molecule has 0 spiro atoms. The average molecular weight is 333 g/mol. The van der Waals surface area contributed by atoms with E-state index in [1.807, 2.05) is 48.5 Å². The Kier molecular flexibility index (Phi) is 3.44. The van der Waals surface area contributed by atoms with Gasteiger partial charge in [0.25, 0.3) is 0 Å². The van der Waals surface area contributed by atoms with Crippen LogP contribution in [0.4, 0.5) is 5.69 Å². The summed E-state index contributed by atoms with van der Waals surface area (Å²) in [5.41, 5.74) is 2.90. The number of nitrogens with one attached hydrogen (secondary N) is 1. The van der Waals surface area contributed by atoms with Gasteiger partial charge in [0.2, 0.25) is 6.04 Å². The van der Waals surface area contributed by atoms with Gasteiger partial charge in [-0.1, -0.05) is 52.3 Å². The first-order chi connectivity index (χ1) is 9.66. The molecule has 1 aliphatic heterocycles. The minimum Gasteiger partial charge on any atom is -0.372 e. The largest absolute Gasteiger partial charge is 0.372 e. The van der Waals surface area contributed by atoms with Gasteiger partial charge < -0.3 is 5.32 Å². The number of hydrogen-bond acceptors (Lipinski definition) is 3. The predicted molar refractivity (Wildman–Crippen MR) is 81.4 cm³/mol. The van der Waals surface area contributed by atoms with Gasteiger partial charge in [-0.15, -0.1) is 0 Å². The molecule has 102 valence electrons. The summed E-state index contributed by atoms with van der Waals surface area (Å²) in [4.78, 5) is 11.2. The molecule has 0 radical (unpaired) electrons. The van der Waals surface area contributed by atoms with Gasteiger partial charge in [0.15, 0.2) is 0 Å². The van der Waals surface area contributed by atoms with Gasteiger partial charge in [-0.05, 0) is 23.3 Å². The lowest BCUT2D eigenvalue weighted by Crippen LogP contribution is -2.38. The minimum atomic E-state index is -0.663. The third-order valence-corrected chi connectivity index (χ3v) is 4.38. The number of nitrogens with zero attached hydrogens (tertiary/aromatic N) is 1. The molecule has 3 rings (SSSR count). The van der Waals surface area contributed by atoms with Crippen LogP contribution in [0.25, 0.3) is 0 Å². The maximum Gasteiger partial charge on any atom is 0.241 e. The lowest BCUT2D eigenvalue weighted by molar-refractivity contribution is -0.525. The van der Waals surface area contributed by atoms with Crippen LogP contribution in [-0.4, -0.2) is 11.0 Å². The molecule has 0 saturated heterocycles. The van der Waals surface area contributed by atoms with E-state index in [1.165, 1.54) is 0 Å². The number of para-hydroxylation sites is 1. The Morgan fingerprint density at radius 3 is 2.60 bits per heavy atom. The van der Waals surface area contributed by atoms with Crippen molar-refractivity contribution >= 4 is 21.6 Å². The fourth-order valence-corrected chi connectivity index (χ4v) is 3.19. The molecular formula is C15H13BrN2O2. The molecule has 0 bridgehead atoms. The highest BCUT2D eigenvalue weighted by molar-refractivity contribution is 9.10. The molecule has 0 saturated carbocycles. The third-order valence-electron chi connectivity index (χ3n) is 3.65. The fourth-order valence-electron chi connectivity index (χ4n) is 2.65. The van der Waals surface area contributed by atoms with Crippen molar-refractivity contribution in [2.24, 2.45) is 0 Å². The van der Waals surface area contributed by atoms with Crippen molar-refractivity contribution < 1.29 is 4.92 Å². The standard InChI is InChI=1S/C15H13BrN2O2/c16-12-7-3-2-6-11(12)15-14(18(19)20)9-10-5-1-4-8-13(10)17-15/h1-8,14-15,17H,9H2/t14-,15+/m0/s1. The molecule has 0 aliphatic carbocycles. The average Bonchev–Trinajstić information content (AvgIpc) is 2.46. The molecule has 0 fully saturated rings. The summed E-state index contributed by atoms with van der Waals surface area (Å²) in [5.74, 6) is 0. The number of nitro groups is 1. The second-order valence-electron chi connectivity index (χ2n) is 4.86. The molecule has 5 heteroatoms. The Labute approximate surface area is 125 Å². The van der Waals surface area contributed by atoms with Crippen LogP contribution >= 0.6 is 15.9 Å².